The first-order chi connectivity index (χ1) is 11.6. The molecule has 1 amide bonds. The van der Waals surface area contributed by atoms with Gasteiger partial charge in [-0.2, -0.15) is 5.10 Å². The van der Waals surface area contributed by atoms with Crippen molar-refractivity contribution in [3.05, 3.63) is 64.7 Å². The third-order valence-corrected chi connectivity index (χ3v) is 3.72. The van der Waals surface area contributed by atoms with Crippen molar-refractivity contribution in [2.75, 3.05) is 6.61 Å². The summed E-state index contributed by atoms with van der Waals surface area (Å²) in [6.45, 7) is 4.27. The summed E-state index contributed by atoms with van der Waals surface area (Å²) in [5, 5.41) is 4.80. The summed E-state index contributed by atoms with van der Waals surface area (Å²) in [5.41, 5.74) is 5.32. The number of hydrogen-bond donors (Lipinski definition) is 1. The average Bonchev–Trinajstić information content (AvgIpc) is 2.59. The number of rotatable bonds is 7. The molecule has 1 N–H and O–H groups in total. The monoisotopic (exact) mass is 344 g/mol. The Morgan fingerprint density at radius 2 is 1.96 bits per heavy atom. The van der Waals surface area contributed by atoms with E-state index in [4.69, 9.17) is 16.3 Å². The minimum atomic E-state index is -0.123. The van der Waals surface area contributed by atoms with Gasteiger partial charge in [-0.15, -0.1) is 0 Å². The molecule has 0 aliphatic heterocycles. The van der Waals surface area contributed by atoms with Crippen molar-refractivity contribution < 1.29 is 9.53 Å². The van der Waals surface area contributed by atoms with Gasteiger partial charge in [0.1, 0.15) is 5.75 Å². The van der Waals surface area contributed by atoms with Crippen LogP contribution in [0.3, 0.4) is 0 Å². The Hall–Kier alpha value is -2.33. The molecule has 2 rings (SSSR count). The molecular weight excluding hydrogens is 324 g/mol. The number of ether oxygens (including phenoxy) is 1. The zero-order chi connectivity index (χ0) is 17.4. The highest BCUT2D eigenvalue weighted by molar-refractivity contribution is 6.30. The number of carbonyl (C=O) groups excluding carboxylic acids is 1. The number of nitrogens with one attached hydrogen (secondary N) is 1. The van der Waals surface area contributed by atoms with Crippen molar-refractivity contribution in [1.29, 1.82) is 0 Å². The fourth-order valence-corrected chi connectivity index (χ4v) is 2.36. The highest BCUT2D eigenvalue weighted by Crippen LogP contribution is 2.21. The van der Waals surface area contributed by atoms with Gasteiger partial charge in [-0.3, -0.25) is 4.79 Å². The Morgan fingerprint density at radius 1 is 1.21 bits per heavy atom. The molecule has 0 aliphatic rings. The van der Waals surface area contributed by atoms with E-state index >= 15 is 0 Å². The van der Waals surface area contributed by atoms with Crippen molar-refractivity contribution in [3.8, 4) is 5.75 Å². The third-order valence-electron chi connectivity index (χ3n) is 3.48. The molecule has 2 aromatic carbocycles. The molecule has 2 aromatic rings. The summed E-state index contributed by atoms with van der Waals surface area (Å²) in [6.07, 6.45) is 0.978. The molecule has 5 heteroatoms. The number of halogens is 1. The van der Waals surface area contributed by atoms with Gasteiger partial charge in [0.05, 0.1) is 12.3 Å². The van der Waals surface area contributed by atoms with E-state index in [-0.39, 0.29) is 5.91 Å². The molecule has 0 saturated carbocycles. The van der Waals surface area contributed by atoms with Crippen LogP contribution in [-0.4, -0.2) is 18.2 Å². The van der Waals surface area contributed by atoms with Gasteiger partial charge >= 0.3 is 0 Å². The largest absolute Gasteiger partial charge is 0.493 e. The standard InChI is InChI=1S/C19H21ClN2O2/c1-14-13-17(20)10-11-18(14)24-12-6-9-19(23)22-21-15(2)16-7-4-3-5-8-16/h3-5,7-8,10-11,13H,6,9,12H2,1-2H3,(H,22,23). The molecule has 0 atom stereocenters. The minimum Gasteiger partial charge on any atom is -0.493 e. The van der Waals surface area contributed by atoms with Gasteiger partial charge in [0, 0.05) is 11.4 Å². The number of nitrogens with zero attached hydrogens (tertiary/aromatic N) is 1. The van der Waals surface area contributed by atoms with Crippen LogP contribution in [0.5, 0.6) is 5.75 Å². The van der Waals surface area contributed by atoms with Gasteiger partial charge < -0.3 is 4.74 Å². The van der Waals surface area contributed by atoms with Crippen LogP contribution in [0, 0.1) is 6.92 Å². The highest BCUT2D eigenvalue weighted by atomic mass is 35.5. The van der Waals surface area contributed by atoms with Gasteiger partial charge in [-0.25, -0.2) is 5.43 Å². The van der Waals surface area contributed by atoms with Crippen LogP contribution >= 0.6 is 11.6 Å². The predicted octanol–water partition coefficient (Wildman–Crippen LogP) is 4.35. The highest BCUT2D eigenvalue weighted by Gasteiger charge is 2.03. The molecule has 0 spiro atoms. The summed E-state index contributed by atoms with van der Waals surface area (Å²) < 4.78 is 5.66. The molecule has 0 aliphatic carbocycles. The van der Waals surface area contributed by atoms with Gasteiger partial charge in [0.25, 0.3) is 0 Å². The predicted molar refractivity (Wildman–Crippen MR) is 97.7 cm³/mol. The molecule has 0 fully saturated rings. The van der Waals surface area contributed by atoms with Crippen molar-refractivity contribution in [2.45, 2.75) is 26.7 Å². The zero-order valence-electron chi connectivity index (χ0n) is 13.9. The summed E-state index contributed by atoms with van der Waals surface area (Å²) in [5.74, 6) is 0.666. The molecule has 0 bridgehead atoms. The van der Waals surface area contributed by atoms with E-state index in [1.54, 1.807) is 6.07 Å². The summed E-state index contributed by atoms with van der Waals surface area (Å²) >= 11 is 5.90. The number of aryl methyl sites for hydroxylation is 1. The van der Waals surface area contributed by atoms with E-state index in [9.17, 15) is 4.79 Å². The van der Waals surface area contributed by atoms with Crippen LogP contribution in [-0.2, 0) is 4.79 Å². The number of carbonyl (C=O) groups is 1. The minimum absolute atomic E-state index is 0.123. The van der Waals surface area contributed by atoms with E-state index in [0.717, 1.165) is 22.6 Å². The molecule has 0 radical (unpaired) electrons. The molecule has 0 unspecified atom stereocenters. The van der Waals surface area contributed by atoms with E-state index in [1.807, 2.05) is 56.3 Å². The van der Waals surface area contributed by atoms with Crippen molar-refractivity contribution in [1.82, 2.24) is 5.43 Å². The Kier molecular flexibility index (Phi) is 6.82. The normalized spacial score (nSPS) is 11.2. The second kappa shape index (κ2) is 9.08. The second-order valence-electron chi connectivity index (χ2n) is 5.46. The van der Waals surface area contributed by atoms with E-state index < -0.39 is 0 Å². The van der Waals surface area contributed by atoms with Gasteiger partial charge in [0.2, 0.25) is 5.91 Å². The summed E-state index contributed by atoms with van der Waals surface area (Å²) in [6, 6.07) is 15.2. The molecular formula is C19H21ClN2O2. The second-order valence-corrected chi connectivity index (χ2v) is 5.90. The first-order valence-corrected chi connectivity index (χ1v) is 8.21. The SMILES string of the molecule is CC(=NNC(=O)CCCOc1ccc(Cl)cc1C)c1ccccc1. The molecule has 126 valence electrons. The van der Waals surface area contributed by atoms with Crippen molar-refractivity contribution >= 4 is 23.2 Å². The quantitative estimate of drug-likeness (QED) is 0.461. The van der Waals surface area contributed by atoms with Crippen molar-refractivity contribution in [3.63, 3.8) is 0 Å². The molecule has 0 heterocycles. The molecule has 0 aromatic heterocycles. The van der Waals surface area contributed by atoms with Gasteiger partial charge in [0.15, 0.2) is 0 Å². The molecule has 0 saturated heterocycles. The maximum absolute atomic E-state index is 11.8. The van der Waals surface area contributed by atoms with Crippen LogP contribution in [0.2, 0.25) is 5.02 Å². The molecule has 4 nitrogen and oxygen atoms in total. The number of hydrogen-bond acceptors (Lipinski definition) is 3. The van der Waals surface area contributed by atoms with E-state index in [1.165, 1.54) is 0 Å². The lowest BCUT2D eigenvalue weighted by molar-refractivity contribution is -0.121. The summed E-state index contributed by atoms with van der Waals surface area (Å²) in [4.78, 5) is 11.8. The lowest BCUT2D eigenvalue weighted by Crippen LogP contribution is -2.19. The van der Waals surface area contributed by atoms with Gasteiger partial charge in [-0.1, -0.05) is 41.9 Å². The number of hydrazone groups is 1. The Labute approximate surface area is 147 Å². The van der Waals surface area contributed by atoms with E-state index in [0.29, 0.717) is 24.5 Å². The summed E-state index contributed by atoms with van der Waals surface area (Å²) in [7, 11) is 0. The van der Waals surface area contributed by atoms with Crippen molar-refractivity contribution in [2.24, 2.45) is 5.10 Å². The van der Waals surface area contributed by atoms with E-state index in [2.05, 4.69) is 10.5 Å². The first kappa shape index (κ1) is 18.0. The van der Waals surface area contributed by atoms with Gasteiger partial charge in [-0.05, 0) is 49.6 Å². The van der Waals surface area contributed by atoms with Crippen LogP contribution in [0.4, 0.5) is 0 Å². The maximum Gasteiger partial charge on any atom is 0.240 e. The van der Waals surface area contributed by atoms with Crippen LogP contribution in [0.15, 0.2) is 53.6 Å². The van der Waals surface area contributed by atoms with Crippen LogP contribution < -0.4 is 10.2 Å². The van der Waals surface area contributed by atoms with Crippen LogP contribution in [0.1, 0.15) is 30.9 Å². The Bertz CT molecular complexity index is 715. The topological polar surface area (TPSA) is 50.7 Å². The number of amides is 1. The average molecular weight is 345 g/mol. The lowest BCUT2D eigenvalue weighted by Gasteiger charge is -2.09. The smallest absolute Gasteiger partial charge is 0.240 e. The van der Waals surface area contributed by atoms with Crippen LogP contribution in [0.25, 0.3) is 0 Å². The fraction of sp³-hybridized carbons (Fsp3) is 0.263. The number of benzene rings is 2. The molecule has 24 heavy (non-hydrogen) atoms. The Balaban J connectivity index is 1.72. The Morgan fingerprint density at radius 3 is 2.67 bits per heavy atom. The lowest BCUT2D eigenvalue weighted by atomic mass is 10.1. The zero-order valence-corrected chi connectivity index (χ0v) is 14.6. The first-order valence-electron chi connectivity index (χ1n) is 7.84. The maximum atomic E-state index is 11.8. The fourth-order valence-electron chi connectivity index (χ4n) is 2.14. The third kappa shape index (κ3) is 5.70.